The van der Waals surface area contributed by atoms with E-state index in [9.17, 15) is 14.0 Å². The number of nitrogens with one attached hydrogen (secondary N) is 1. The first-order valence-electron chi connectivity index (χ1n) is 8.17. The van der Waals surface area contributed by atoms with E-state index in [-0.39, 0.29) is 31.2 Å². The third kappa shape index (κ3) is 5.77. The van der Waals surface area contributed by atoms with Crippen LogP contribution in [0.5, 0.6) is 5.75 Å². The number of amides is 2. The molecule has 0 unspecified atom stereocenters. The van der Waals surface area contributed by atoms with E-state index in [0.29, 0.717) is 17.9 Å². The number of carbonyl (C=O) groups excluding carboxylic acids is 2. The second-order valence-corrected chi connectivity index (χ2v) is 5.70. The minimum absolute atomic E-state index is 0.0219. The van der Waals surface area contributed by atoms with Gasteiger partial charge in [0.05, 0.1) is 13.7 Å². The standard InChI is InChI=1S/C19H22FN3O3/c1-26-16-8-6-15(7-9-16)23(11-10-18(21)24)13-19(25)22-12-14-4-2-3-5-17(14)20/h2-9H,10-13H2,1H3,(H2,21,24)(H,22,25). The molecule has 0 aliphatic rings. The van der Waals surface area contributed by atoms with Crippen molar-refractivity contribution in [2.75, 3.05) is 25.1 Å². The fourth-order valence-electron chi connectivity index (χ4n) is 2.40. The van der Waals surface area contributed by atoms with Gasteiger partial charge < -0.3 is 20.7 Å². The number of nitrogens with two attached hydrogens (primary N) is 1. The van der Waals surface area contributed by atoms with Gasteiger partial charge in [-0.15, -0.1) is 0 Å². The maximum Gasteiger partial charge on any atom is 0.239 e. The highest BCUT2D eigenvalue weighted by Gasteiger charge is 2.13. The predicted molar refractivity (Wildman–Crippen MR) is 97.3 cm³/mol. The van der Waals surface area contributed by atoms with Crippen LogP contribution in [0.3, 0.4) is 0 Å². The van der Waals surface area contributed by atoms with Gasteiger partial charge in [0.1, 0.15) is 11.6 Å². The molecular weight excluding hydrogens is 337 g/mol. The Labute approximate surface area is 151 Å². The molecule has 0 aliphatic heterocycles. The molecule has 0 heterocycles. The summed E-state index contributed by atoms with van der Waals surface area (Å²) >= 11 is 0. The number of nitrogens with zero attached hydrogens (tertiary/aromatic N) is 1. The summed E-state index contributed by atoms with van der Waals surface area (Å²) in [5.41, 5.74) is 6.39. The number of anilines is 1. The van der Waals surface area contributed by atoms with Crippen LogP contribution < -0.4 is 20.7 Å². The number of hydrogen-bond donors (Lipinski definition) is 2. The number of hydrogen-bond acceptors (Lipinski definition) is 4. The molecular formula is C19H22FN3O3. The molecule has 2 amide bonds. The Kier molecular flexibility index (Phi) is 6.96. The van der Waals surface area contributed by atoms with Crippen LogP contribution >= 0.6 is 0 Å². The highest BCUT2D eigenvalue weighted by Crippen LogP contribution is 2.19. The van der Waals surface area contributed by atoms with Crippen molar-refractivity contribution in [2.45, 2.75) is 13.0 Å². The van der Waals surface area contributed by atoms with E-state index in [1.165, 1.54) is 6.07 Å². The summed E-state index contributed by atoms with van der Waals surface area (Å²) in [6.45, 7) is 0.417. The molecule has 2 rings (SSSR count). The predicted octanol–water partition coefficient (Wildman–Crippen LogP) is 1.83. The molecule has 26 heavy (non-hydrogen) atoms. The number of methoxy groups -OCH3 is 1. The Bertz CT molecular complexity index is 750. The molecule has 0 aromatic heterocycles. The lowest BCUT2D eigenvalue weighted by molar-refractivity contribution is -0.120. The Balaban J connectivity index is 2.01. The Morgan fingerprint density at radius 1 is 1.15 bits per heavy atom. The van der Waals surface area contributed by atoms with Crippen molar-refractivity contribution < 1.29 is 18.7 Å². The van der Waals surface area contributed by atoms with Crippen molar-refractivity contribution in [3.63, 3.8) is 0 Å². The average molecular weight is 359 g/mol. The van der Waals surface area contributed by atoms with Crippen LogP contribution in [0.2, 0.25) is 0 Å². The van der Waals surface area contributed by atoms with Gasteiger partial charge in [0.2, 0.25) is 11.8 Å². The Morgan fingerprint density at radius 2 is 1.85 bits per heavy atom. The molecule has 0 atom stereocenters. The molecule has 2 aromatic rings. The van der Waals surface area contributed by atoms with Gasteiger partial charge in [0.15, 0.2) is 0 Å². The van der Waals surface area contributed by atoms with Gasteiger partial charge in [0, 0.05) is 30.8 Å². The second-order valence-electron chi connectivity index (χ2n) is 5.70. The highest BCUT2D eigenvalue weighted by molar-refractivity contribution is 5.82. The summed E-state index contributed by atoms with van der Waals surface area (Å²) < 4.78 is 18.7. The van der Waals surface area contributed by atoms with Crippen molar-refractivity contribution >= 4 is 17.5 Å². The summed E-state index contributed by atoms with van der Waals surface area (Å²) in [6.07, 6.45) is 0.118. The monoisotopic (exact) mass is 359 g/mol. The first-order chi connectivity index (χ1) is 12.5. The van der Waals surface area contributed by atoms with E-state index in [4.69, 9.17) is 10.5 Å². The lowest BCUT2D eigenvalue weighted by Crippen LogP contribution is -2.38. The van der Waals surface area contributed by atoms with Crippen molar-refractivity contribution in [1.82, 2.24) is 5.32 Å². The smallest absolute Gasteiger partial charge is 0.239 e. The summed E-state index contributed by atoms with van der Waals surface area (Å²) in [5, 5.41) is 2.69. The maximum absolute atomic E-state index is 13.6. The van der Waals surface area contributed by atoms with Gasteiger partial charge >= 0.3 is 0 Å². The second kappa shape index (κ2) is 9.41. The van der Waals surface area contributed by atoms with Gasteiger partial charge in [-0.2, -0.15) is 0 Å². The van der Waals surface area contributed by atoms with Gasteiger partial charge in [0.25, 0.3) is 0 Å². The average Bonchev–Trinajstić information content (AvgIpc) is 2.64. The largest absolute Gasteiger partial charge is 0.497 e. The van der Waals surface area contributed by atoms with E-state index in [0.717, 1.165) is 5.69 Å². The van der Waals surface area contributed by atoms with E-state index >= 15 is 0 Å². The molecule has 138 valence electrons. The molecule has 0 bridgehead atoms. The third-order valence-electron chi connectivity index (χ3n) is 3.83. The zero-order valence-corrected chi connectivity index (χ0v) is 14.6. The lowest BCUT2D eigenvalue weighted by Gasteiger charge is -2.24. The quantitative estimate of drug-likeness (QED) is 0.715. The van der Waals surface area contributed by atoms with Crippen LogP contribution in [-0.2, 0) is 16.1 Å². The molecule has 0 saturated carbocycles. The van der Waals surface area contributed by atoms with Crippen molar-refractivity contribution in [2.24, 2.45) is 5.73 Å². The minimum atomic E-state index is -0.449. The molecule has 0 fully saturated rings. The van der Waals surface area contributed by atoms with E-state index in [1.54, 1.807) is 54.5 Å². The van der Waals surface area contributed by atoms with E-state index in [1.807, 2.05) is 0 Å². The Morgan fingerprint density at radius 3 is 2.46 bits per heavy atom. The highest BCUT2D eigenvalue weighted by atomic mass is 19.1. The van der Waals surface area contributed by atoms with Crippen molar-refractivity contribution in [1.29, 1.82) is 0 Å². The molecule has 2 aromatic carbocycles. The minimum Gasteiger partial charge on any atom is -0.497 e. The summed E-state index contributed by atoms with van der Waals surface area (Å²) in [6, 6.07) is 13.4. The van der Waals surface area contributed by atoms with Gasteiger partial charge in [-0.3, -0.25) is 9.59 Å². The lowest BCUT2D eigenvalue weighted by atomic mass is 10.2. The van der Waals surface area contributed by atoms with Crippen LogP contribution in [0.25, 0.3) is 0 Å². The molecule has 3 N–H and O–H groups in total. The van der Waals surface area contributed by atoms with Gasteiger partial charge in [-0.25, -0.2) is 4.39 Å². The maximum atomic E-state index is 13.6. The number of carbonyl (C=O) groups is 2. The van der Waals surface area contributed by atoms with Crippen LogP contribution in [0.15, 0.2) is 48.5 Å². The van der Waals surface area contributed by atoms with E-state index in [2.05, 4.69) is 5.32 Å². The van der Waals surface area contributed by atoms with E-state index < -0.39 is 5.91 Å². The number of benzene rings is 2. The van der Waals surface area contributed by atoms with Crippen LogP contribution in [0.4, 0.5) is 10.1 Å². The van der Waals surface area contributed by atoms with Crippen LogP contribution in [0, 0.1) is 5.82 Å². The molecule has 0 radical (unpaired) electrons. The first-order valence-corrected chi connectivity index (χ1v) is 8.17. The van der Waals surface area contributed by atoms with Crippen molar-refractivity contribution in [3.8, 4) is 5.75 Å². The SMILES string of the molecule is COc1ccc(N(CCC(N)=O)CC(=O)NCc2ccccc2F)cc1. The number of primary amides is 1. The molecule has 0 saturated heterocycles. The Hall–Kier alpha value is -3.09. The fourth-order valence-corrected chi connectivity index (χ4v) is 2.40. The molecule has 0 aliphatic carbocycles. The molecule has 6 nitrogen and oxygen atoms in total. The summed E-state index contributed by atoms with van der Waals surface area (Å²) in [4.78, 5) is 25.1. The fraction of sp³-hybridized carbons (Fsp3) is 0.263. The van der Waals surface area contributed by atoms with Crippen LogP contribution in [-0.4, -0.2) is 32.0 Å². The normalized spacial score (nSPS) is 10.2. The summed E-state index contributed by atoms with van der Waals surface area (Å²) in [5.74, 6) is -0.412. The number of ether oxygens (including phenoxy) is 1. The summed E-state index contributed by atoms with van der Waals surface area (Å²) in [7, 11) is 1.57. The zero-order valence-electron chi connectivity index (χ0n) is 14.6. The van der Waals surface area contributed by atoms with Gasteiger partial charge in [-0.1, -0.05) is 18.2 Å². The number of rotatable bonds is 9. The molecule has 7 heteroatoms. The van der Waals surface area contributed by atoms with Crippen LogP contribution in [0.1, 0.15) is 12.0 Å². The topological polar surface area (TPSA) is 84.7 Å². The van der Waals surface area contributed by atoms with Crippen molar-refractivity contribution in [3.05, 3.63) is 59.9 Å². The molecule has 0 spiro atoms. The third-order valence-corrected chi connectivity index (χ3v) is 3.83. The zero-order chi connectivity index (χ0) is 18.9. The number of halogens is 1. The first kappa shape index (κ1) is 19.2. The van der Waals surface area contributed by atoms with Gasteiger partial charge in [-0.05, 0) is 30.3 Å².